The van der Waals surface area contributed by atoms with E-state index in [1.165, 1.54) is 18.2 Å². The van der Waals surface area contributed by atoms with Crippen molar-refractivity contribution in [1.29, 1.82) is 0 Å². The number of rotatable bonds is 4. The highest BCUT2D eigenvalue weighted by Crippen LogP contribution is 2.22. The van der Waals surface area contributed by atoms with E-state index in [1.807, 2.05) is 0 Å². The molecule has 1 N–H and O–H groups in total. The molecule has 16 heavy (non-hydrogen) atoms. The number of halogens is 1. The van der Waals surface area contributed by atoms with Gasteiger partial charge in [-0.15, -0.1) is 0 Å². The Labute approximate surface area is 99.8 Å². The number of carbonyl (C=O) groups is 1. The summed E-state index contributed by atoms with van der Waals surface area (Å²) in [7, 11) is 0. The van der Waals surface area contributed by atoms with E-state index in [1.54, 1.807) is 6.92 Å². The fraction of sp³-hybridized carbons (Fsp3) is 0.222. The van der Waals surface area contributed by atoms with E-state index in [-0.39, 0.29) is 11.3 Å². The number of nitro groups is 1. The average molecular weight is 289 g/mol. The summed E-state index contributed by atoms with van der Waals surface area (Å²) in [5.74, 6) is -0.530. The number of nitrogens with zero attached hydrogens (tertiary/aromatic N) is 1. The van der Waals surface area contributed by atoms with Crippen molar-refractivity contribution in [2.24, 2.45) is 0 Å². The predicted molar refractivity (Wildman–Crippen MR) is 59.9 cm³/mol. The lowest BCUT2D eigenvalue weighted by molar-refractivity contribution is -0.384. The Kier molecular flexibility index (Phi) is 4.39. The monoisotopic (exact) mass is 288 g/mol. The number of hydrogen-bond acceptors (Lipinski definition) is 4. The highest BCUT2D eigenvalue weighted by molar-refractivity contribution is 9.10. The molecule has 0 fully saturated rings. The summed E-state index contributed by atoms with van der Waals surface area (Å²) in [6.07, 6.45) is 0. The summed E-state index contributed by atoms with van der Waals surface area (Å²) in [5, 5.41) is 10.5. The first-order valence-corrected chi connectivity index (χ1v) is 5.21. The van der Waals surface area contributed by atoms with E-state index in [2.05, 4.69) is 21.4 Å². The number of hydroxylamine groups is 1. The summed E-state index contributed by atoms with van der Waals surface area (Å²) in [6.45, 7) is 2.03. The fourth-order valence-electron chi connectivity index (χ4n) is 0.994. The number of nitro benzene ring substituents is 1. The van der Waals surface area contributed by atoms with Gasteiger partial charge in [-0.1, -0.05) is 0 Å². The molecule has 0 aliphatic carbocycles. The van der Waals surface area contributed by atoms with Crippen LogP contribution in [0.15, 0.2) is 22.7 Å². The van der Waals surface area contributed by atoms with Crippen LogP contribution in [-0.2, 0) is 4.84 Å². The normalized spacial score (nSPS) is 9.88. The predicted octanol–water partition coefficient (Wildman–Crippen LogP) is 2.04. The Morgan fingerprint density at radius 1 is 1.62 bits per heavy atom. The van der Waals surface area contributed by atoms with Crippen molar-refractivity contribution >= 4 is 27.5 Å². The fourth-order valence-corrected chi connectivity index (χ4v) is 1.42. The maximum absolute atomic E-state index is 11.5. The summed E-state index contributed by atoms with van der Waals surface area (Å²) in [6, 6.07) is 3.93. The zero-order valence-electron chi connectivity index (χ0n) is 8.40. The second-order valence-corrected chi connectivity index (χ2v) is 3.64. The molecule has 1 amide bonds. The molecule has 0 aromatic heterocycles. The molecule has 7 heteroatoms. The molecule has 0 unspecified atom stereocenters. The van der Waals surface area contributed by atoms with Gasteiger partial charge in [-0.05, 0) is 28.9 Å². The van der Waals surface area contributed by atoms with Crippen LogP contribution in [0.4, 0.5) is 5.69 Å². The standard InChI is InChI=1S/C9H9BrN2O4/c1-2-16-11-9(13)7-5-6(12(14)15)3-4-8(7)10/h3-5H,2H2,1H3,(H,11,13). The van der Waals surface area contributed by atoms with Gasteiger partial charge < -0.3 is 0 Å². The number of amides is 1. The van der Waals surface area contributed by atoms with E-state index < -0.39 is 10.8 Å². The second-order valence-electron chi connectivity index (χ2n) is 2.79. The van der Waals surface area contributed by atoms with Crippen LogP contribution in [0.5, 0.6) is 0 Å². The molecule has 0 bridgehead atoms. The maximum atomic E-state index is 11.5. The minimum Gasteiger partial charge on any atom is -0.274 e. The summed E-state index contributed by atoms with van der Waals surface area (Å²) in [4.78, 5) is 26.2. The lowest BCUT2D eigenvalue weighted by atomic mass is 10.2. The van der Waals surface area contributed by atoms with E-state index >= 15 is 0 Å². The molecular formula is C9H9BrN2O4. The first-order chi connectivity index (χ1) is 7.56. The van der Waals surface area contributed by atoms with Crippen LogP contribution < -0.4 is 5.48 Å². The highest BCUT2D eigenvalue weighted by Gasteiger charge is 2.15. The van der Waals surface area contributed by atoms with E-state index in [0.717, 1.165) is 0 Å². The van der Waals surface area contributed by atoms with Gasteiger partial charge >= 0.3 is 0 Å². The third-order valence-electron chi connectivity index (χ3n) is 1.71. The summed E-state index contributed by atoms with van der Waals surface area (Å²) < 4.78 is 0.468. The average Bonchev–Trinajstić information content (AvgIpc) is 2.26. The van der Waals surface area contributed by atoms with Gasteiger partial charge in [-0.2, -0.15) is 0 Å². The summed E-state index contributed by atoms with van der Waals surface area (Å²) in [5.41, 5.74) is 2.17. The largest absolute Gasteiger partial charge is 0.276 e. The Bertz CT molecular complexity index is 422. The zero-order valence-corrected chi connectivity index (χ0v) is 9.98. The van der Waals surface area contributed by atoms with Crippen molar-refractivity contribution in [3.63, 3.8) is 0 Å². The van der Waals surface area contributed by atoms with Crippen LogP contribution in [-0.4, -0.2) is 17.4 Å². The molecule has 0 atom stereocenters. The number of non-ortho nitro benzene ring substituents is 1. The van der Waals surface area contributed by atoms with Gasteiger partial charge in [0.2, 0.25) is 0 Å². The number of nitrogens with one attached hydrogen (secondary N) is 1. The molecule has 0 radical (unpaired) electrons. The first kappa shape index (κ1) is 12.6. The van der Waals surface area contributed by atoms with Crippen LogP contribution in [0, 0.1) is 10.1 Å². The topological polar surface area (TPSA) is 81.5 Å². The lowest BCUT2D eigenvalue weighted by Gasteiger charge is -2.05. The maximum Gasteiger partial charge on any atom is 0.276 e. The molecule has 86 valence electrons. The van der Waals surface area contributed by atoms with Crippen molar-refractivity contribution in [2.75, 3.05) is 6.61 Å². The van der Waals surface area contributed by atoms with Crippen molar-refractivity contribution in [2.45, 2.75) is 6.92 Å². The van der Waals surface area contributed by atoms with E-state index in [9.17, 15) is 14.9 Å². The van der Waals surface area contributed by atoms with Crippen LogP contribution >= 0.6 is 15.9 Å². The number of hydrogen-bond donors (Lipinski definition) is 1. The van der Waals surface area contributed by atoms with Gasteiger partial charge in [-0.3, -0.25) is 19.7 Å². The quantitative estimate of drug-likeness (QED) is 0.679. The van der Waals surface area contributed by atoms with Crippen LogP contribution in [0.3, 0.4) is 0 Å². The minimum atomic E-state index is -0.566. The third-order valence-corrected chi connectivity index (χ3v) is 2.41. The number of carbonyl (C=O) groups excluding carboxylic acids is 1. The Morgan fingerprint density at radius 2 is 2.31 bits per heavy atom. The SMILES string of the molecule is CCONC(=O)c1cc([N+](=O)[O-])ccc1Br. The molecule has 6 nitrogen and oxygen atoms in total. The Balaban J connectivity index is 2.97. The molecule has 0 aliphatic rings. The van der Waals surface area contributed by atoms with Crippen molar-refractivity contribution < 1.29 is 14.6 Å². The molecule has 0 aliphatic heterocycles. The second kappa shape index (κ2) is 5.57. The molecule has 1 aromatic rings. The zero-order chi connectivity index (χ0) is 12.1. The molecule has 0 heterocycles. The molecular weight excluding hydrogens is 280 g/mol. The molecule has 0 saturated heterocycles. The molecule has 0 spiro atoms. The van der Waals surface area contributed by atoms with Gasteiger partial charge in [0.25, 0.3) is 11.6 Å². The van der Waals surface area contributed by atoms with Gasteiger partial charge in [0.15, 0.2) is 0 Å². The van der Waals surface area contributed by atoms with Crippen molar-refractivity contribution in [1.82, 2.24) is 5.48 Å². The Hall–Kier alpha value is -1.47. The van der Waals surface area contributed by atoms with Crippen LogP contribution in [0.2, 0.25) is 0 Å². The minimum absolute atomic E-state index is 0.148. The van der Waals surface area contributed by atoms with Crippen LogP contribution in [0.25, 0.3) is 0 Å². The first-order valence-electron chi connectivity index (χ1n) is 4.42. The van der Waals surface area contributed by atoms with Gasteiger partial charge in [0.1, 0.15) is 0 Å². The van der Waals surface area contributed by atoms with Crippen molar-refractivity contribution in [3.8, 4) is 0 Å². The van der Waals surface area contributed by atoms with Crippen LogP contribution in [0.1, 0.15) is 17.3 Å². The van der Waals surface area contributed by atoms with Gasteiger partial charge in [0.05, 0.1) is 17.1 Å². The molecule has 0 saturated carbocycles. The molecule has 1 aromatic carbocycles. The van der Waals surface area contributed by atoms with E-state index in [4.69, 9.17) is 4.84 Å². The van der Waals surface area contributed by atoms with Gasteiger partial charge in [0, 0.05) is 16.6 Å². The Morgan fingerprint density at radius 3 is 2.88 bits per heavy atom. The van der Waals surface area contributed by atoms with E-state index in [0.29, 0.717) is 11.1 Å². The van der Waals surface area contributed by atoms with Crippen molar-refractivity contribution in [3.05, 3.63) is 38.3 Å². The highest BCUT2D eigenvalue weighted by atomic mass is 79.9. The lowest BCUT2D eigenvalue weighted by Crippen LogP contribution is -2.24. The summed E-state index contributed by atoms with van der Waals surface area (Å²) >= 11 is 3.13. The van der Waals surface area contributed by atoms with Gasteiger partial charge in [-0.25, -0.2) is 5.48 Å². The third kappa shape index (κ3) is 3.01. The number of benzene rings is 1. The smallest absolute Gasteiger partial charge is 0.274 e. The molecule has 1 rings (SSSR count).